The van der Waals surface area contributed by atoms with Crippen LogP contribution in [0.1, 0.15) is 27.7 Å². The summed E-state index contributed by atoms with van der Waals surface area (Å²) in [5.41, 5.74) is 1.83. The maximum absolute atomic E-state index is 12.7. The summed E-state index contributed by atoms with van der Waals surface area (Å²) in [6.45, 7) is 2.14. The highest BCUT2D eigenvalue weighted by atomic mass is 35.5. The van der Waals surface area contributed by atoms with Crippen LogP contribution in [0.25, 0.3) is 0 Å². The number of carbonyl (C=O) groups excluding carboxylic acids is 1. The number of sulfone groups is 1. The molecule has 30 heavy (non-hydrogen) atoms. The summed E-state index contributed by atoms with van der Waals surface area (Å²) < 4.78 is 30.8. The monoisotopic (exact) mass is 446 g/mol. The Hall–Kier alpha value is -2.61. The first-order valence-electron chi connectivity index (χ1n) is 9.31. The Balaban J connectivity index is 1.75. The second-order valence-electron chi connectivity index (χ2n) is 7.15. The van der Waals surface area contributed by atoms with Gasteiger partial charge in [0.1, 0.15) is 0 Å². The number of hydrogen-bond donors (Lipinski definition) is 1. The minimum Gasteiger partial charge on any atom is -0.439 e. The molecular formula is C22H23ClN2O4S. The van der Waals surface area contributed by atoms with Crippen molar-refractivity contribution in [3.8, 4) is 0 Å². The third-order valence-electron chi connectivity index (χ3n) is 4.74. The Morgan fingerprint density at radius 3 is 2.37 bits per heavy atom. The molecule has 1 amide bonds. The summed E-state index contributed by atoms with van der Waals surface area (Å²) in [6.07, 6.45) is 0. The van der Waals surface area contributed by atoms with E-state index in [1.165, 1.54) is 24.3 Å². The molecule has 0 radical (unpaired) electrons. The van der Waals surface area contributed by atoms with Gasteiger partial charge in [0, 0.05) is 11.6 Å². The van der Waals surface area contributed by atoms with E-state index in [2.05, 4.69) is 5.32 Å². The summed E-state index contributed by atoms with van der Waals surface area (Å²) in [5.74, 6) is -0.573. The Morgan fingerprint density at radius 2 is 1.73 bits per heavy atom. The topological polar surface area (TPSA) is 79.6 Å². The zero-order valence-corrected chi connectivity index (χ0v) is 18.5. The van der Waals surface area contributed by atoms with Gasteiger partial charge in [0.2, 0.25) is 14.9 Å². The Labute approximate surface area is 181 Å². The Morgan fingerprint density at radius 1 is 1.07 bits per heavy atom. The van der Waals surface area contributed by atoms with E-state index in [9.17, 15) is 13.2 Å². The van der Waals surface area contributed by atoms with Crippen molar-refractivity contribution in [2.24, 2.45) is 0 Å². The van der Waals surface area contributed by atoms with Crippen LogP contribution in [0.5, 0.6) is 0 Å². The lowest BCUT2D eigenvalue weighted by molar-refractivity contribution is 0.0909. The summed E-state index contributed by atoms with van der Waals surface area (Å²) in [7, 11) is -0.0577. The summed E-state index contributed by atoms with van der Waals surface area (Å²) in [5, 5.41) is 3.13. The van der Waals surface area contributed by atoms with Crippen LogP contribution in [-0.2, 0) is 9.84 Å². The number of carbonyl (C=O) groups is 1. The van der Waals surface area contributed by atoms with Gasteiger partial charge in [0.05, 0.1) is 10.9 Å². The first-order chi connectivity index (χ1) is 14.2. The van der Waals surface area contributed by atoms with E-state index in [4.69, 9.17) is 16.0 Å². The fourth-order valence-electron chi connectivity index (χ4n) is 3.01. The molecule has 0 fully saturated rings. The second kappa shape index (κ2) is 9.04. The van der Waals surface area contributed by atoms with Crippen molar-refractivity contribution in [1.82, 2.24) is 10.2 Å². The molecule has 8 heteroatoms. The van der Waals surface area contributed by atoms with Crippen LogP contribution in [0.2, 0.25) is 5.02 Å². The average molecular weight is 447 g/mol. The number of aryl methyl sites for hydroxylation is 1. The number of hydrogen-bond acceptors (Lipinski definition) is 5. The van der Waals surface area contributed by atoms with Gasteiger partial charge in [-0.15, -0.1) is 0 Å². The van der Waals surface area contributed by atoms with Gasteiger partial charge in [0.25, 0.3) is 5.91 Å². The van der Waals surface area contributed by atoms with Gasteiger partial charge in [-0.3, -0.25) is 4.79 Å². The number of nitrogens with zero attached hydrogens (tertiary/aromatic N) is 1. The molecule has 0 aliphatic rings. The average Bonchev–Trinajstić information content (AvgIpc) is 3.20. The number of halogens is 1. The molecule has 3 aromatic rings. The maximum atomic E-state index is 12.7. The van der Waals surface area contributed by atoms with Crippen LogP contribution in [0.4, 0.5) is 0 Å². The van der Waals surface area contributed by atoms with Crippen molar-refractivity contribution >= 4 is 27.3 Å². The fourth-order valence-corrected chi connectivity index (χ4v) is 4.45. The quantitative estimate of drug-likeness (QED) is 0.590. The number of likely N-dealkylation sites (N-methyl/N-ethyl adjacent to an activating group) is 1. The molecule has 0 saturated heterocycles. The van der Waals surface area contributed by atoms with Crippen LogP contribution in [0.15, 0.2) is 75.1 Å². The lowest BCUT2D eigenvalue weighted by Gasteiger charge is -2.25. The van der Waals surface area contributed by atoms with Crippen molar-refractivity contribution in [3.05, 3.63) is 82.6 Å². The minimum atomic E-state index is -3.83. The molecule has 6 nitrogen and oxygen atoms in total. The van der Waals surface area contributed by atoms with E-state index in [1.807, 2.05) is 44.1 Å². The Kier molecular flexibility index (Phi) is 6.65. The number of furan rings is 1. The third-order valence-corrected chi connectivity index (χ3v) is 6.73. The predicted octanol–water partition coefficient (Wildman–Crippen LogP) is 4.11. The lowest BCUT2D eigenvalue weighted by atomic mass is 10.1. The maximum Gasteiger partial charge on any atom is 0.287 e. The van der Waals surface area contributed by atoms with Gasteiger partial charge in [0.15, 0.2) is 5.76 Å². The van der Waals surface area contributed by atoms with Crippen molar-refractivity contribution in [2.45, 2.75) is 23.0 Å². The van der Waals surface area contributed by atoms with Crippen molar-refractivity contribution < 1.29 is 17.6 Å². The SMILES string of the molecule is Cc1ccc(S(=O)(=O)c2ccc(C(=O)NCC(c3ccccc3Cl)N(C)C)o2)cc1. The van der Waals surface area contributed by atoms with E-state index in [-0.39, 0.29) is 28.3 Å². The van der Waals surface area contributed by atoms with Crippen LogP contribution < -0.4 is 5.32 Å². The fraction of sp³-hybridized carbons (Fsp3) is 0.227. The van der Waals surface area contributed by atoms with Gasteiger partial charge in [-0.05, 0) is 56.9 Å². The summed E-state index contributed by atoms with van der Waals surface area (Å²) in [6, 6.07) is 16.4. The first-order valence-corrected chi connectivity index (χ1v) is 11.2. The standard InChI is InChI=1S/C22H23ClN2O4S/c1-15-8-10-16(11-9-15)30(27,28)21-13-12-20(29-21)22(26)24-14-19(25(2)3)17-6-4-5-7-18(17)23/h4-13,19H,14H2,1-3H3,(H,24,26). The molecule has 1 heterocycles. The number of amides is 1. The van der Waals surface area contributed by atoms with Gasteiger partial charge < -0.3 is 14.6 Å². The normalized spacial score (nSPS) is 12.7. The molecule has 0 bridgehead atoms. The first kappa shape index (κ1) is 22.1. The van der Waals surface area contributed by atoms with E-state index in [1.54, 1.807) is 18.2 Å². The zero-order chi connectivity index (χ0) is 21.9. The predicted molar refractivity (Wildman–Crippen MR) is 116 cm³/mol. The van der Waals surface area contributed by atoms with Gasteiger partial charge in [-0.2, -0.15) is 0 Å². The highest BCUT2D eigenvalue weighted by Gasteiger charge is 2.24. The van der Waals surface area contributed by atoms with Crippen LogP contribution in [0.3, 0.4) is 0 Å². The highest BCUT2D eigenvalue weighted by molar-refractivity contribution is 7.91. The molecule has 158 valence electrons. The molecule has 0 aliphatic carbocycles. The molecule has 0 aliphatic heterocycles. The largest absolute Gasteiger partial charge is 0.439 e. The molecule has 1 unspecified atom stereocenters. The van der Waals surface area contributed by atoms with Crippen LogP contribution in [-0.4, -0.2) is 39.9 Å². The third kappa shape index (κ3) is 4.75. The molecule has 1 atom stereocenters. The van der Waals surface area contributed by atoms with E-state index in [0.29, 0.717) is 5.02 Å². The van der Waals surface area contributed by atoms with Gasteiger partial charge in [-0.1, -0.05) is 47.5 Å². The number of rotatable bonds is 7. The van der Waals surface area contributed by atoms with Crippen molar-refractivity contribution in [2.75, 3.05) is 20.6 Å². The van der Waals surface area contributed by atoms with E-state index >= 15 is 0 Å². The van der Waals surface area contributed by atoms with Crippen molar-refractivity contribution in [3.63, 3.8) is 0 Å². The second-order valence-corrected chi connectivity index (χ2v) is 9.43. The molecule has 0 spiro atoms. The summed E-state index contributed by atoms with van der Waals surface area (Å²) in [4.78, 5) is 14.6. The van der Waals surface area contributed by atoms with Gasteiger partial charge in [-0.25, -0.2) is 8.42 Å². The Bertz CT molecular complexity index is 1140. The molecular weight excluding hydrogens is 424 g/mol. The van der Waals surface area contributed by atoms with Gasteiger partial charge >= 0.3 is 0 Å². The van der Waals surface area contributed by atoms with Crippen LogP contribution in [0, 0.1) is 6.92 Å². The van der Waals surface area contributed by atoms with Crippen molar-refractivity contribution in [1.29, 1.82) is 0 Å². The minimum absolute atomic E-state index is 0.0719. The van der Waals surface area contributed by atoms with Crippen LogP contribution >= 0.6 is 11.6 Å². The highest BCUT2D eigenvalue weighted by Crippen LogP contribution is 2.26. The smallest absolute Gasteiger partial charge is 0.287 e. The summed E-state index contributed by atoms with van der Waals surface area (Å²) >= 11 is 6.29. The number of benzene rings is 2. The van der Waals surface area contributed by atoms with E-state index < -0.39 is 15.7 Å². The number of nitrogens with one attached hydrogen (secondary N) is 1. The molecule has 3 rings (SSSR count). The zero-order valence-electron chi connectivity index (χ0n) is 16.9. The molecule has 1 aromatic heterocycles. The lowest BCUT2D eigenvalue weighted by Crippen LogP contribution is -2.34. The molecule has 1 N–H and O–H groups in total. The van der Waals surface area contributed by atoms with E-state index in [0.717, 1.165) is 11.1 Å². The molecule has 0 saturated carbocycles. The molecule has 2 aromatic carbocycles.